The molecule has 0 bridgehead atoms. The van der Waals surface area contributed by atoms with Crippen molar-refractivity contribution >= 4 is 21.9 Å². The number of halogens is 1. The fourth-order valence-corrected chi connectivity index (χ4v) is 1.85. The van der Waals surface area contributed by atoms with E-state index in [9.17, 15) is 4.79 Å². The number of aryl methyl sites for hydroxylation is 1. The van der Waals surface area contributed by atoms with E-state index in [4.69, 9.17) is 9.63 Å². The Morgan fingerprint density at radius 3 is 2.50 bits per heavy atom. The van der Waals surface area contributed by atoms with Crippen molar-refractivity contribution in [2.45, 2.75) is 6.92 Å². The van der Waals surface area contributed by atoms with Crippen LogP contribution >= 0.6 is 15.9 Å². The summed E-state index contributed by atoms with van der Waals surface area (Å²) in [4.78, 5) is 10.8. The third-order valence-corrected chi connectivity index (χ3v) is 2.89. The molecule has 0 saturated carbocycles. The van der Waals surface area contributed by atoms with Crippen LogP contribution < -0.4 is 0 Å². The van der Waals surface area contributed by atoms with Crippen molar-refractivity contribution in [1.29, 1.82) is 0 Å². The Kier molecular flexibility index (Phi) is 2.78. The molecule has 0 amide bonds. The van der Waals surface area contributed by atoms with Crippen LogP contribution in [-0.2, 0) is 0 Å². The maximum atomic E-state index is 10.8. The number of hydrogen-bond acceptors (Lipinski definition) is 3. The number of carboxylic acid groups (broad SMARTS) is 1. The fraction of sp³-hybridized carbons (Fsp3) is 0.0909. The second-order valence-electron chi connectivity index (χ2n) is 3.35. The van der Waals surface area contributed by atoms with Gasteiger partial charge in [0.05, 0.1) is 0 Å². The molecule has 16 heavy (non-hydrogen) atoms. The highest BCUT2D eigenvalue weighted by atomic mass is 79.9. The molecule has 0 spiro atoms. The maximum absolute atomic E-state index is 10.8. The summed E-state index contributed by atoms with van der Waals surface area (Å²) in [5.41, 5.74) is 2.44. The monoisotopic (exact) mass is 281 g/mol. The van der Waals surface area contributed by atoms with Gasteiger partial charge < -0.3 is 9.63 Å². The Labute approximate surface area is 100 Å². The lowest BCUT2D eigenvalue weighted by Crippen LogP contribution is -1.93. The number of carbonyl (C=O) groups is 1. The van der Waals surface area contributed by atoms with Crippen molar-refractivity contribution in [3.8, 4) is 11.3 Å². The summed E-state index contributed by atoms with van der Waals surface area (Å²) in [6.07, 6.45) is 0. The molecule has 2 rings (SSSR count). The molecule has 0 saturated heterocycles. The lowest BCUT2D eigenvalue weighted by atomic mass is 10.1. The first-order valence-electron chi connectivity index (χ1n) is 4.55. The van der Waals surface area contributed by atoms with Crippen molar-refractivity contribution in [2.75, 3.05) is 0 Å². The van der Waals surface area contributed by atoms with Gasteiger partial charge in [-0.1, -0.05) is 35.0 Å². The van der Waals surface area contributed by atoms with Crippen LogP contribution in [0.3, 0.4) is 0 Å². The zero-order valence-corrected chi connectivity index (χ0v) is 9.98. The van der Waals surface area contributed by atoms with E-state index in [0.717, 1.165) is 11.1 Å². The summed E-state index contributed by atoms with van der Waals surface area (Å²) < 4.78 is 5.11. The highest BCUT2D eigenvalue weighted by molar-refractivity contribution is 9.10. The van der Waals surface area contributed by atoms with Gasteiger partial charge in [0.15, 0.2) is 0 Å². The van der Waals surface area contributed by atoms with E-state index in [0.29, 0.717) is 10.2 Å². The summed E-state index contributed by atoms with van der Waals surface area (Å²) in [6, 6.07) is 7.58. The first-order valence-corrected chi connectivity index (χ1v) is 5.34. The normalized spacial score (nSPS) is 10.4. The van der Waals surface area contributed by atoms with Crippen molar-refractivity contribution < 1.29 is 14.4 Å². The molecule has 0 radical (unpaired) electrons. The van der Waals surface area contributed by atoms with Crippen molar-refractivity contribution in [3.05, 3.63) is 40.1 Å². The van der Waals surface area contributed by atoms with Crippen LogP contribution in [0.2, 0.25) is 0 Å². The topological polar surface area (TPSA) is 63.3 Å². The number of nitrogens with zero attached hydrogens (tertiary/aromatic N) is 1. The number of rotatable bonds is 2. The number of hydrogen-bond donors (Lipinski definition) is 1. The maximum Gasteiger partial charge on any atom is 0.375 e. The van der Waals surface area contributed by atoms with E-state index in [2.05, 4.69) is 21.1 Å². The van der Waals surface area contributed by atoms with E-state index in [1.165, 1.54) is 0 Å². The van der Waals surface area contributed by atoms with Crippen LogP contribution in [0.25, 0.3) is 11.3 Å². The largest absolute Gasteiger partial charge is 0.475 e. The zero-order valence-electron chi connectivity index (χ0n) is 8.40. The first kappa shape index (κ1) is 10.9. The first-order chi connectivity index (χ1) is 7.59. The van der Waals surface area contributed by atoms with E-state index >= 15 is 0 Å². The molecule has 82 valence electrons. The minimum absolute atomic E-state index is 0.185. The van der Waals surface area contributed by atoms with Gasteiger partial charge in [-0.15, -0.1) is 0 Å². The number of aromatic carboxylic acids is 1. The van der Waals surface area contributed by atoms with E-state index in [1.807, 2.05) is 31.2 Å². The molecule has 2 aromatic rings. The summed E-state index contributed by atoms with van der Waals surface area (Å²) in [6.45, 7) is 1.98. The van der Waals surface area contributed by atoms with Gasteiger partial charge in [0.1, 0.15) is 10.2 Å². The number of benzene rings is 1. The molecule has 0 aliphatic rings. The van der Waals surface area contributed by atoms with E-state index < -0.39 is 5.97 Å². The Morgan fingerprint density at radius 2 is 2.00 bits per heavy atom. The van der Waals surface area contributed by atoms with Crippen molar-refractivity contribution in [1.82, 2.24) is 5.16 Å². The molecule has 0 fully saturated rings. The fourth-order valence-electron chi connectivity index (χ4n) is 1.30. The zero-order chi connectivity index (χ0) is 11.7. The van der Waals surface area contributed by atoms with Crippen LogP contribution in [0.4, 0.5) is 0 Å². The average Bonchev–Trinajstić information content (AvgIpc) is 2.61. The summed E-state index contributed by atoms with van der Waals surface area (Å²) in [5, 5.41) is 12.5. The number of aromatic nitrogens is 1. The quantitative estimate of drug-likeness (QED) is 0.919. The van der Waals surface area contributed by atoms with Gasteiger partial charge in [0.25, 0.3) is 5.76 Å². The molecule has 1 aromatic carbocycles. The molecule has 1 N–H and O–H groups in total. The molecule has 1 heterocycles. The molecular weight excluding hydrogens is 274 g/mol. The minimum atomic E-state index is -1.14. The molecular formula is C11H8BrNO3. The van der Waals surface area contributed by atoms with E-state index in [1.54, 1.807) is 0 Å². The lowest BCUT2D eigenvalue weighted by molar-refractivity contribution is 0.0650. The van der Waals surface area contributed by atoms with Crippen molar-refractivity contribution in [2.24, 2.45) is 0 Å². The molecule has 4 nitrogen and oxygen atoms in total. The Morgan fingerprint density at radius 1 is 1.38 bits per heavy atom. The van der Waals surface area contributed by atoms with Gasteiger partial charge in [-0.05, 0) is 22.9 Å². The van der Waals surface area contributed by atoms with Gasteiger partial charge >= 0.3 is 5.97 Å². The highest BCUT2D eigenvalue weighted by Crippen LogP contribution is 2.30. The molecule has 0 aliphatic carbocycles. The molecule has 0 atom stereocenters. The van der Waals surface area contributed by atoms with Gasteiger partial charge in [0, 0.05) is 5.56 Å². The van der Waals surface area contributed by atoms with Crippen LogP contribution in [0.1, 0.15) is 16.1 Å². The van der Waals surface area contributed by atoms with Gasteiger partial charge in [-0.3, -0.25) is 0 Å². The van der Waals surface area contributed by atoms with Crippen LogP contribution in [0.15, 0.2) is 33.3 Å². The smallest absolute Gasteiger partial charge is 0.375 e. The Bertz CT molecular complexity index is 531. The average molecular weight is 282 g/mol. The van der Waals surface area contributed by atoms with Crippen molar-refractivity contribution in [3.63, 3.8) is 0 Å². The van der Waals surface area contributed by atoms with Gasteiger partial charge in [-0.2, -0.15) is 0 Å². The standard InChI is InChI=1S/C11H8BrNO3/c1-6-2-4-7(5-3-6)9-8(12)10(11(14)15)16-13-9/h2-5H,1H3,(H,14,15). The van der Waals surface area contributed by atoms with E-state index in [-0.39, 0.29) is 5.76 Å². The third-order valence-electron chi connectivity index (χ3n) is 2.15. The van der Waals surface area contributed by atoms with Gasteiger partial charge in [-0.25, -0.2) is 4.79 Å². The SMILES string of the molecule is Cc1ccc(-c2noc(C(=O)O)c2Br)cc1. The minimum Gasteiger partial charge on any atom is -0.475 e. The molecule has 0 aliphatic heterocycles. The summed E-state index contributed by atoms with van der Waals surface area (Å²) in [5.74, 6) is -1.33. The predicted molar refractivity (Wildman–Crippen MR) is 61.3 cm³/mol. The second-order valence-corrected chi connectivity index (χ2v) is 4.14. The van der Waals surface area contributed by atoms with Crippen LogP contribution in [-0.4, -0.2) is 16.2 Å². The third kappa shape index (κ3) is 1.86. The van der Waals surface area contributed by atoms with Crippen LogP contribution in [0, 0.1) is 6.92 Å². The summed E-state index contributed by atoms with van der Waals surface area (Å²) >= 11 is 3.17. The van der Waals surface area contributed by atoms with Gasteiger partial charge in [0.2, 0.25) is 0 Å². The Balaban J connectivity index is 2.49. The summed E-state index contributed by atoms with van der Waals surface area (Å²) in [7, 11) is 0. The Hall–Kier alpha value is -1.62. The molecule has 1 aromatic heterocycles. The highest BCUT2D eigenvalue weighted by Gasteiger charge is 2.20. The lowest BCUT2D eigenvalue weighted by Gasteiger charge is -1.97. The van der Waals surface area contributed by atoms with Crippen LogP contribution in [0.5, 0.6) is 0 Å². The second kappa shape index (κ2) is 4.09. The predicted octanol–water partition coefficient (Wildman–Crippen LogP) is 3.11. The molecule has 5 heteroatoms. The number of carboxylic acids is 1. The molecule has 0 unspecified atom stereocenters.